The first-order valence-electron chi connectivity index (χ1n) is 7.79. The van der Waals surface area contributed by atoms with Crippen LogP contribution in [0.2, 0.25) is 0 Å². The predicted molar refractivity (Wildman–Crippen MR) is 78.5 cm³/mol. The summed E-state index contributed by atoms with van der Waals surface area (Å²) in [5, 5.41) is 15.3. The molecule has 0 radical (unpaired) electrons. The van der Waals surface area contributed by atoms with Crippen molar-refractivity contribution < 1.29 is 10.0 Å². The number of carbonyl (C=O) groups is 1. The third-order valence-corrected chi connectivity index (χ3v) is 5.23. The van der Waals surface area contributed by atoms with E-state index in [1.807, 2.05) is 0 Å². The quantitative estimate of drug-likeness (QED) is 0.243. The number of amidine groups is 1. The fourth-order valence-corrected chi connectivity index (χ4v) is 3.45. The zero-order valence-corrected chi connectivity index (χ0v) is 12.5. The molecule has 0 aliphatic heterocycles. The lowest BCUT2D eigenvalue weighted by Crippen LogP contribution is -2.52. The van der Waals surface area contributed by atoms with Crippen LogP contribution < -0.4 is 11.1 Å². The molecule has 2 rings (SSSR count). The van der Waals surface area contributed by atoms with E-state index in [0.717, 1.165) is 25.7 Å². The van der Waals surface area contributed by atoms with Crippen molar-refractivity contribution in [3.63, 3.8) is 0 Å². The fourth-order valence-electron chi connectivity index (χ4n) is 3.45. The number of hydrogen-bond acceptors (Lipinski definition) is 3. The van der Waals surface area contributed by atoms with E-state index in [2.05, 4.69) is 17.4 Å². The Labute approximate surface area is 121 Å². The molecular weight excluding hydrogens is 254 g/mol. The smallest absolute Gasteiger partial charge is 0.233 e. The van der Waals surface area contributed by atoms with Crippen LogP contribution in [0.3, 0.4) is 0 Å². The molecule has 0 spiro atoms. The van der Waals surface area contributed by atoms with Crippen LogP contribution in [0.4, 0.5) is 0 Å². The third-order valence-electron chi connectivity index (χ3n) is 5.23. The molecule has 5 nitrogen and oxygen atoms in total. The van der Waals surface area contributed by atoms with Crippen molar-refractivity contribution >= 4 is 11.7 Å². The van der Waals surface area contributed by atoms with Crippen molar-refractivity contribution in [2.45, 2.75) is 64.7 Å². The van der Waals surface area contributed by atoms with Gasteiger partial charge in [0.05, 0.1) is 0 Å². The summed E-state index contributed by atoms with van der Waals surface area (Å²) in [5.41, 5.74) is 5.32. The maximum absolute atomic E-state index is 12.7. The number of rotatable bonds is 4. The predicted octanol–water partition coefficient (Wildman–Crippen LogP) is 2.38. The molecule has 0 unspecified atom stereocenters. The van der Waals surface area contributed by atoms with Gasteiger partial charge in [-0.1, -0.05) is 44.2 Å². The highest BCUT2D eigenvalue weighted by molar-refractivity contribution is 6.06. The lowest BCUT2D eigenvalue weighted by Gasteiger charge is -2.40. The second-order valence-electron chi connectivity index (χ2n) is 6.83. The Morgan fingerprint density at radius 1 is 1.15 bits per heavy atom. The van der Waals surface area contributed by atoms with E-state index in [-0.39, 0.29) is 17.2 Å². The standard InChI is InChI=1S/C15H27N3O2/c1-14(7-6-8-14)11-17-13(19)15(12(16)18-20)9-4-2-3-5-10-15/h20H,2-11H2,1H3,(H2,16,18)(H,17,19). The zero-order chi connectivity index (χ0) is 14.6. The number of amides is 1. The van der Waals surface area contributed by atoms with E-state index in [4.69, 9.17) is 10.9 Å². The average Bonchev–Trinajstić information content (AvgIpc) is 2.68. The van der Waals surface area contributed by atoms with Crippen LogP contribution in [0.25, 0.3) is 0 Å². The summed E-state index contributed by atoms with van der Waals surface area (Å²) >= 11 is 0. The Balaban J connectivity index is 2.07. The molecule has 20 heavy (non-hydrogen) atoms. The molecule has 0 atom stereocenters. The largest absolute Gasteiger partial charge is 0.409 e. The first-order valence-corrected chi connectivity index (χ1v) is 7.79. The van der Waals surface area contributed by atoms with Gasteiger partial charge in [-0.25, -0.2) is 0 Å². The maximum atomic E-state index is 12.7. The summed E-state index contributed by atoms with van der Waals surface area (Å²) in [6.45, 7) is 2.91. The van der Waals surface area contributed by atoms with Gasteiger partial charge < -0.3 is 16.3 Å². The normalized spacial score (nSPS) is 25.4. The summed E-state index contributed by atoms with van der Waals surface area (Å²) in [6.07, 6.45) is 9.11. The molecule has 0 aromatic rings. The molecule has 1 amide bonds. The molecule has 0 bridgehead atoms. The van der Waals surface area contributed by atoms with Gasteiger partial charge >= 0.3 is 0 Å². The highest BCUT2D eigenvalue weighted by Crippen LogP contribution is 2.40. The van der Waals surface area contributed by atoms with Gasteiger partial charge in [-0.2, -0.15) is 0 Å². The Morgan fingerprint density at radius 3 is 2.20 bits per heavy atom. The molecule has 4 N–H and O–H groups in total. The maximum Gasteiger partial charge on any atom is 0.233 e. The van der Waals surface area contributed by atoms with Crippen LogP contribution in [-0.4, -0.2) is 23.5 Å². The van der Waals surface area contributed by atoms with E-state index < -0.39 is 5.41 Å². The summed E-state index contributed by atoms with van der Waals surface area (Å²) in [5.74, 6) is 0.0264. The van der Waals surface area contributed by atoms with Crippen molar-refractivity contribution in [1.29, 1.82) is 0 Å². The molecule has 0 saturated heterocycles. The van der Waals surface area contributed by atoms with Gasteiger partial charge in [-0.15, -0.1) is 0 Å². The minimum absolute atomic E-state index is 0.0529. The summed E-state index contributed by atoms with van der Waals surface area (Å²) in [6, 6.07) is 0. The number of carbonyl (C=O) groups excluding carboxylic acids is 1. The van der Waals surface area contributed by atoms with E-state index >= 15 is 0 Å². The summed E-state index contributed by atoms with van der Waals surface area (Å²) in [4.78, 5) is 12.7. The van der Waals surface area contributed by atoms with Crippen LogP contribution in [0, 0.1) is 10.8 Å². The number of nitrogens with zero attached hydrogens (tertiary/aromatic N) is 1. The second-order valence-corrected chi connectivity index (χ2v) is 6.83. The van der Waals surface area contributed by atoms with Crippen molar-refractivity contribution in [2.24, 2.45) is 21.7 Å². The van der Waals surface area contributed by atoms with Gasteiger partial charge in [0.25, 0.3) is 0 Å². The third kappa shape index (κ3) is 2.91. The zero-order valence-electron chi connectivity index (χ0n) is 12.5. The minimum Gasteiger partial charge on any atom is -0.409 e. The fraction of sp³-hybridized carbons (Fsp3) is 0.867. The Kier molecular flexibility index (Phi) is 4.55. The second kappa shape index (κ2) is 6.02. The number of hydrogen-bond donors (Lipinski definition) is 3. The lowest BCUT2D eigenvalue weighted by atomic mass is 9.70. The van der Waals surface area contributed by atoms with Gasteiger partial charge in [0.2, 0.25) is 5.91 Å². The van der Waals surface area contributed by atoms with Crippen LogP contribution in [-0.2, 0) is 4.79 Å². The van der Waals surface area contributed by atoms with Crippen molar-refractivity contribution in [3.8, 4) is 0 Å². The van der Waals surface area contributed by atoms with Crippen LogP contribution in [0.5, 0.6) is 0 Å². The first kappa shape index (κ1) is 15.1. The van der Waals surface area contributed by atoms with Gasteiger partial charge in [0, 0.05) is 6.54 Å². The lowest BCUT2D eigenvalue weighted by molar-refractivity contribution is -0.129. The van der Waals surface area contributed by atoms with Crippen LogP contribution in [0.1, 0.15) is 64.7 Å². The first-order chi connectivity index (χ1) is 9.52. The molecule has 0 aromatic carbocycles. The highest BCUT2D eigenvalue weighted by Gasteiger charge is 2.44. The van der Waals surface area contributed by atoms with Crippen molar-refractivity contribution in [1.82, 2.24) is 5.32 Å². The molecule has 2 aliphatic rings. The molecule has 2 saturated carbocycles. The van der Waals surface area contributed by atoms with E-state index in [0.29, 0.717) is 19.4 Å². The molecule has 2 fully saturated rings. The molecule has 114 valence electrons. The average molecular weight is 281 g/mol. The van der Waals surface area contributed by atoms with Gasteiger partial charge in [0.15, 0.2) is 5.84 Å². The SMILES string of the molecule is CC1(CNC(=O)C2(C(N)=NO)CCCCCC2)CCC1. The monoisotopic (exact) mass is 281 g/mol. The topological polar surface area (TPSA) is 87.7 Å². The van der Waals surface area contributed by atoms with Crippen molar-refractivity contribution in [3.05, 3.63) is 0 Å². The molecule has 0 aromatic heterocycles. The number of nitrogens with two attached hydrogens (primary N) is 1. The van der Waals surface area contributed by atoms with E-state index in [1.165, 1.54) is 19.3 Å². The van der Waals surface area contributed by atoms with E-state index in [1.54, 1.807) is 0 Å². The van der Waals surface area contributed by atoms with Gasteiger partial charge in [0.1, 0.15) is 5.41 Å². The van der Waals surface area contributed by atoms with Crippen LogP contribution in [0.15, 0.2) is 5.16 Å². The molecule has 0 heterocycles. The van der Waals surface area contributed by atoms with Gasteiger partial charge in [-0.05, 0) is 31.1 Å². The van der Waals surface area contributed by atoms with Gasteiger partial charge in [-0.3, -0.25) is 4.79 Å². The molecule has 5 heteroatoms. The minimum atomic E-state index is -0.800. The van der Waals surface area contributed by atoms with E-state index in [9.17, 15) is 4.79 Å². The van der Waals surface area contributed by atoms with Crippen LogP contribution >= 0.6 is 0 Å². The Bertz CT molecular complexity index is 381. The number of oxime groups is 1. The van der Waals surface area contributed by atoms with Crippen molar-refractivity contribution in [2.75, 3.05) is 6.54 Å². The Hall–Kier alpha value is -1.26. The molecular formula is C15H27N3O2. The highest BCUT2D eigenvalue weighted by atomic mass is 16.4. The molecule has 2 aliphatic carbocycles. The Morgan fingerprint density at radius 2 is 1.75 bits per heavy atom. The number of nitrogens with one attached hydrogen (secondary N) is 1. The summed E-state index contributed by atoms with van der Waals surface area (Å²) < 4.78 is 0. The summed E-state index contributed by atoms with van der Waals surface area (Å²) in [7, 11) is 0.